The summed E-state index contributed by atoms with van der Waals surface area (Å²) in [6, 6.07) is 8.07. The average Bonchev–Trinajstić information content (AvgIpc) is 2.66. The lowest BCUT2D eigenvalue weighted by atomic mass is 9.99. The van der Waals surface area contributed by atoms with E-state index in [1.54, 1.807) is 7.11 Å². The van der Waals surface area contributed by atoms with Gasteiger partial charge in [0, 0.05) is 19.8 Å². The van der Waals surface area contributed by atoms with Crippen molar-refractivity contribution in [1.29, 1.82) is 0 Å². The molecule has 0 spiro atoms. The van der Waals surface area contributed by atoms with E-state index in [-0.39, 0.29) is 17.0 Å². The maximum Gasteiger partial charge on any atom is 0.155 e. The van der Waals surface area contributed by atoms with Crippen LogP contribution in [0.15, 0.2) is 24.3 Å². The molecule has 1 N–H and O–H groups in total. The Balaban J connectivity index is 2.27. The molecule has 2 atom stereocenters. The Morgan fingerprint density at radius 3 is 2.81 bits per heavy atom. The summed E-state index contributed by atoms with van der Waals surface area (Å²) in [5, 5.41) is 2.89. The molecule has 2 unspecified atom stereocenters. The lowest BCUT2D eigenvalue weighted by Gasteiger charge is -2.26. The van der Waals surface area contributed by atoms with Crippen molar-refractivity contribution >= 4 is 9.84 Å². The van der Waals surface area contributed by atoms with E-state index in [2.05, 4.69) is 17.4 Å². The summed E-state index contributed by atoms with van der Waals surface area (Å²) >= 11 is 0. The minimum absolute atomic E-state index is 0.115. The van der Waals surface area contributed by atoms with Crippen molar-refractivity contribution in [2.75, 3.05) is 26.5 Å². The molecule has 21 heavy (non-hydrogen) atoms. The molecule has 0 saturated carbocycles. The molecule has 0 aromatic heterocycles. The van der Waals surface area contributed by atoms with E-state index in [0.717, 1.165) is 24.8 Å². The number of rotatable bonds is 6. The highest BCUT2D eigenvalue weighted by Gasteiger charge is 2.35. The molecule has 0 aliphatic heterocycles. The first-order valence-electron chi connectivity index (χ1n) is 7.55. The van der Waals surface area contributed by atoms with E-state index in [0.29, 0.717) is 13.0 Å². The molecule has 0 radical (unpaired) electrons. The van der Waals surface area contributed by atoms with Crippen LogP contribution in [-0.2, 0) is 21.0 Å². The quantitative estimate of drug-likeness (QED) is 0.646. The first-order chi connectivity index (χ1) is 10.1. The molecule has 1 aliphatic carbocycles. The Morgan fingerprint density at radius 2 is 2.10 bits per heavy atom. The summed E-state index contributed by atoms with van der Waals surface area (Å²) in [5.41, 5.74) is 2.41. The van der Waals surface area contributed by atoms with Gasteiger partial charge in [-0.25, -0.2) is 8.42 Å². The lowest BCUT2D eigenvalue weighted by Crippen LogP contribution is -2.36. The predicted molar refractivity (Wildman–Crippen MR) is 85.2 cm³/mol. The van der Waals surface area contributed by atoms with Gasteiger partial charge in [-0.05, 0) is 43.9 Å². The van der Waals surface area contributed by atoms with E-state index >= 15 is 0 Å². The second-order valence-electron chi connectivity index (χ2n) is 5.61. The van der Waals surface area contributed by atoms with Crippen molar-refractivity contribution in [3.63, 3.8) is 0 Å². The number of sulfone groups is 1. The van der Waals surface area contributed by atoms with Crippen molar-refractivity contribution in [2.24, 2.45) is 0 Å². The highest BCUT2D eigenvalue weighted by Crippen LogP contribution is 2.33. The molecular formula is C16H25NO3S. The van der Waals surface area contributed by atoms with Gasteiger partial charge < -0.3 is 10.1 Å². The van der Waals surface area contributed by atoms with E-state index in [1.807, 2.05) is 19.2 Å². The Hall–Kier alpha value is -0.910. The third kappa shape index (κ3) is 3.84. The molecular weight excluding hydrogens is 286 g/mol. The number of benzene rings is 1. The van der Waals surface area contributed by atoms with Crippen LogP contribution in [0.5, 0.6) is 0 Å². The number of hydrogen-bond donors (Lipinski definition) is 1. The van der Waals surface area contributed by atoms with E-state index in [1.165, 1.54) is 5.56 Å². The fraction of sp³-hybridized carbons (Fsp3) is 0.625. The maximum absolute atomic E-state index is 12.7. The van der Waals surface area contributed by atoms with Crippen LogP contribution in [0.4, 0.5) is 0 Å². The minimum atomic E-state index is -3.13. The zero-order valence-corrected chi connectivity index (χ0v) is 13.7. The standard InChI is InChI=1S/C16H25NO3S/c1-17-16-14-9-4-3-7-13(14)8-5-10-15(16)21(18,19)12-6-11-20-2/h3-4,7,9,15-17H,5-6,8,10-12H2,1-2H3. The van der Waals surface area contributed by atoms with E-state index < -0.39 is 9.84 Å². The summed E-state index contributed by atoms with van der Waals surface area (Å²) in [5.74, 6) is 0.200. The van der Waals surface area contributed by atoms with Crippen LogP contribution in [0, 0.1) is 0 Å². The normalized spacial score (nSPS) is 22.6. The van der Waals surface area contributed by atoms with Crippen LogP contribution < -0.4 is 5.32 Å². The van der Waals surface area contributed by atoms with E-state index in [9.17, 15) is 8.42 Å². The molecule has 2 rings (SSSR count). The average molecular weight is 311 g/mol. The fourth-order valence-corrected chi connectivity index (χ4v) is 5.26. The van der Waals surface area contributed by atoms with Gasteiger partial charge in [-0.3, -0.25) is 0 Å². The molecule has 5 heteroatoms. The number of methoxy groups -OCH3 is 1. The summed E-state index contributed by atoms with van der Waals surface area (Å²) in [7, 11) is 0.328. The third-order valence-corrected chi connectivity index (χ3v) is 6.53. The smallest absolute Gasteiger partial charge is 0.155 e. The van der Waals surface area contributed by atoms with Crippen molar-refractivity contribution in [2.45, 2.75) is 37.0 Å². The Kier molecular flexibility index (Phi) is 5.79. The monoisotopic (exact) mass is 311 g/mol. The molecule has 0 amide bonds. The molecule has 4 nitrogen and oxygen atoms in total. The zero-order chi connectivity index (χ0) is 15.3. The Bertz CT molecular complexity index is 556. The highest BCUT2D eigenvalue weighted by molar-refractivity contribution is 7.92. The van der Waals surface area contributed by atoms with Crippen molar-refractivity contribution < 1.29 is 13.2 Å². The molecule has 0 saturated heterocycles. The molecule has 1 aromatic rings. The zero-order valence-electron chi connectivity index (χ0n) is 12.8. The lowest BCUT2D eigenvalue weighted by molar-refractivity contribution is 0.199. The topological polar surface area (TPSA) is 55.4 Å². The van der Waals surface area contributed by atoms with Gasteiger partial charge in [-0.1, -0.05) is 24.3 Å². The first kappa shape index (κ1) is 16.5. The highest BCUT2D eigenvalue weighted by atomic mass is 32.2. The Morgan fingerprint density at radius 1 is 1.33 bits per heavy atom. The second kappa shape index (κ2) is 7.38. The van der Waals surface area contributed by atoms with Crippen molar-refractivity contribution in [1.82, 2.24) is 5.32 Å². The molecule has 118 valence electrons. The summed E-state index contributed by atoms with van der Waals surface area (Å²) in [4.78, 5) is 0. The number of aryl methyl sites for hydroxylation is 1. The van der Waals surface area contributed by atoms with Crippen LogP contribution in [0.3, 0.4) is 0 Å². The van der Waals surface area contributed by atoms with Gasteiger partial charge in [0.25, 0.3) is 0 Å². The van der Waals surface area contributed by atoms with Gasteiger partial charge >= 0.3 is 0 Å². The van der Waals surface area contributed by atoms with Crippen LogP contribution in [0.2, 0.25) is 0 Å². The van der Waals surface area contributed by atoms with Crippen molar-refractivity contribution in [3.05, 3.63) is 35.4 Å². The van der Waals surface area contributed by atoms with Gasteiger partial charge in [-0.15, -0.1) is 0 Å². The molecule has 1 aliphatic rings. The minimum Gasteiger partial charge on any atom is -0.385 e. The SMILES string of the molecule is CNC1c2ccccc2CCCC1S(=O)(=O)CCCOC. The maximum atomic E-state index is 12.7. The molecule has 0 fully saturated rings. The number of ether oxygens (including phenoxy) is 1. The van der Waals surface area contributed by atoms with Crippen LogP contribution >= 0.6 is 0 Å². The van der Waals surface area contributed by atoms with Gasteiger partial charge in [0.05, 0.1) is 11.0 Å². The fourth-order valence-electron chi connectivity index (χ4n) is 3.21. The first-order valence-corrected chi connectivity index (χ1v) is 9.27. The second-order valence-corrected chi connectivity index (χ2v) is 7.95. The van der Waals surface area contributed by atoms with Crippen LogP contribution in [0.25, 0.3) is 0 Å². The van der Waals surface area contributed by atoms with Crippen molar-refractivity contribution in [3.8, 4) is 0 Å². The van der Waals surface area contributed by atoms with Gasteiger partial charge in [0.15, 0.2) is 9.84 Å². The van der Waals surface area contributed by atoms with Gasteiger partial charge in [0.2, 0.25) is 0 Å². The molecule has 0 heterocycles. The summed E-state index contributed by atoms with van der Waals surface area (Å²) < 4.78 is 30.4. The predicted octanol–water partition coefficient (Wildman–Crippen LogP) is 2.10. The van der Waals surface area contributed by atoms with Crippen LogP contribution in [-0.4, -0.2) is 40.2 Å². The molecule has 0 bridgehead atoms. The Labute approximate surface area is 127 Å². The third-order valence-electron chi connectivity index (χ3n) is 4.25. The van der Waals surface area contributed by atoms with E-state index in [4.69, 9.17) is 4.74 Å². The number of hydrogen-bond acceptors (Lipinski definition) is 4. The number of nitrogens with one attached hydrogen (secondary N) is 1. The van der Waals surface area contributed by atoms with Crippen LogP contribution in [0.1, 0.15) is 36.4 Å². The number of fused-ring (bicyclic) bond motifs is 1. The van der Waals surface area contributed by atoms with Gasteiger partial charge in [0.1, 0.15) is 0 Å². The largest absolute Gasteiger partial charge is 0.385 e. The summed E-state index contributed by atoms with van der Waals surface area (Å²) in [6.07, 6.45) is 3.16. The summed E-state index contributed by atoms with van der Waals surface area (Å²) in [6.45, 7) is 0.493. The molecule has 1 aromatic carbocycles. The van der Waals surface area contributed by atoms with Gasteiger partial charge in [-0.2, -0.15) is 0 Å².